The van der Waals surface area contributed by atoms with E-state index in [1.807, 2.05) is 36.6 Å². The molecule has 2 aliphatic rings. The number of carbonyl (C=O) groups excluding carboxylic acids is 2. The second-order valence-electron chi connectivity index (χ2n) is 9.51. The van der Waals surface area contributed by atoms with E-state index in [-0.39, 0.29) is 18.1 Å². The minimum Gasteiger partial charge on any atom is -0.494 e. The molecule has 1 unspecified atom stereocenters. The van der Waals surface area contributed by atoms with Gasteiger partial charge >= 0.3 is 0 Å². The average Bonchev–Trinajstić information content (AvgIpc) is 3.68. The number of halogens is 1. The fourth-order valence-electron chi connectivity index (χ4n) is 4.86. The Balaban J connectivity index is 0.00000323. The van der Waals surface area contributed by atoms with Crippen LogP contribution in [0.15, 0.2) is 53.6 Å². The molecule has 0 spiro atoms. The molecule has 0 bridgehead atoms. The molecular weight excluding hydrogens is 568 g/mol. The zero-order valence-electron chi connectivity index (χ0n) is 22.0. The van der Waals surface area contributed by atoms with Crippen LogP contribution < -0.4 is 25.6 Å². The molecule has 0 radical (unpaired) electrons. The van der Waals surface area contributed by atoms with Crippen LogP contribution in [0.25, 0.3) is 31.4 Å². The molecule has 9 nitrogen and oxygen atoms in total. The van der Waals surface area contributed by atoms with Crippen molar-refractivity contribution in [1.29, 1.82) is 0 Å². The highest BCUT2D eigenvalue weighted by molar-refractivity contribution is 7.22. The van der Waals surface area contributed by atoms with E-state index in [9.17, 15) is 9.59 Å². The van der Waals surface area contributed by atoms with Gasteiger partial charge in [0.1, 0.15) is 22.1 Å². The Hall–Kier alpha value is -3.35. The number of amides is 2. The number of thiophene rings is 2. The van der Waals surface area contributed by atoms with Gasteiger partial charge in [-0.1, -0.05) is 6.07 Å². The number of anilines is 1. The summed E-state index contributed by atoms with van der Waals surface area (Å²) in [4.78, 5) is 38.6. The molecule has 0 aliphatic carbocycles. The first-order valence-electron chi connectivity index (χ1n) is 12.8. The van der Waals surface area contributed by atoms with Crippen molar-refractivity contribution in [3.05, 3.63) is 59.1 Å². The monoisotopic (exact) mass is 596 g/mol. The summed E-state index contributed by atoms with van der Waals surface area (Å²) in [6.07, 6.45) is 2.26. The number of rotatable bonds is 8. The van der Waals surface area contributed by atoms with Crippen molar-refractivity contribution in [2.24, 2.45) is 0 Å². The van der Waals surface area contributed by atoms with Crippen LogP contribution in [-0.2, 0) is 9.59 Å². The lowest BCUT2D eigenvalue weighted by Gasteiger charge is -2.24. The van der Waals surface area contributed by atoms with Gasteiger partial charge in [-0.05, 0) is 60.2 Å². The maximum absolute atomic E-state index is 12.5. The standard InChI is InChI=1S/C28H28N6O3S2.ClH/c1-16-23-26(34(2)20-14-22(35)31-27(20)36)32-25(21-4-3-13-38-21)33-28(23)39-24(16)17-5-7-19(8-6-17)37-12-9-18-15-29-10-11-30-18;/h3-8,13-14,18,29-30H,9-12,15H2,1-2H3,(H,31,35,36);1H. The third-order valence-corrected chi connectivity index (χ3v) is 9.01. The van der Waals surface area contributed by atoms with Gasteiger partial charge in [-0.15, -0.1) is 35.1 Å². The lowest BCUT2D eigenvalue weighted by molar-refractivity contribution is -0.123. The van der Waals surface area contributed by atoms with Crippen LogP contribution in [-0.4, -0.2) is 61.1 Å². The number of piperazine rings is 1. The van der Waals surface area contributed by atoms with Crippen LogP contribution in [0.4, 0.5) is 5.82 Å². The first-order chi connectivity index (χ1) is 19.0. The molecule has 3 N–H and O–H groups in total. The summed E-state index contributed by atoms with van der Waals surface area (Å²) in [7, 11) is 1.76. The zero-order chi connectivity index (χ0) is 26.9. The third kappa shape index (κ3) is 5.61. The largest absolute Gasteiger partial charge is 0.494 e. The number of nitrogens with zero attached hydrogens (tertiary/aromatic N) is 3. The molecule has 5 heterocycles. The number of carbonyl (C=O) groups is 2. The van der Waals surface area contributed by atoms with E-state index < -0.39 is 11.8 Å². The zero-order valence-corrected chi connectivity index (χ0v) is 24.5. The molecule has 2 amide bonds. The smallest absolute Gasteiger partial charge is 0.274 e. The second-order valence-corrected chi connectivity index (χ2v) is 11.5. The number of fused-ring (bicyclic) bond motifs is 1. The second kappa shape index (κ2) is 12.0. The van der Waals surface area contributed by atoms with Crippen molar-refractivity contribution in [2.45, 2.75) is 19.4 Å². The lowest BCUT2D eigenvalue weighted by Crippen LogP contribution is -2.48. The van der Waals surface area contributed by atoms with Crippen LogP contribution in [0.3, 0.4) is 0 Å². The average molecular weight is 597 g/mol. The van der Waals surface area contributed by atoms with Crippen molar-refractivity contribution >= 4 is 62.9 Å². The molecule has 1 atom stereocenters. The first kappa shape index (κ1) is 28.2. The molecule has 3 aromatic heterocycles. The van der Waals surface area contributed by atoms with E-state index in [0.29, 0.717) is 24.3 Å². The van der Waals surface area contributed by atoms with Gasteiger partial charge in [0.05, 0.1) is 16.9 Å². The topological polar surface area (TPSA) is 108 Å². The fraction of sp³-hybridized carbons (Fsp3) is 0.286. The molecule has 2 aliphatic heterocycles. The quantitative estimate of drug-likeness (QED) is 0.261. The Bertz CT molecular complexity index is 1560. The van der Waals surface area contributed by atoms with E-state index in [0.717, 1.165) is 62.9 Å². The summed E-state index contributed by atoms with van der Waals surface area (Å²) in [5.74, 6) is 1.15. The Labute approximate surface area is 246 Å². The van der Waals surface area contributed by atoms with Crippen LogP contribution in [0, 0.1) is 6.92 Å². The highest BCUT2D eigenvalue weighted by Gasteiger charge is 2.29. The number of nitrogens with one attached hydrogen (secondary N) is 3. The predicted molar refractivity (Wildman–Crippen MR) is 163 cm³/mol. The van der Waals surface area contributed by atoms with Crippen molar-refractivity contribution in [2.75, 3.05) is 38.2 Å². The van der Waals surface area contributed by atoms with E-state index in [4.69, 9.17) is 14.7 Å². The maximum Gasteiger partial charge on any atom is 0.274 e. The van der Waals surface area contributed by atoms with Crippen LogP contribution in [0.2, 0.25) is 0 Å². The van der Waals surface area contributed by atoms with Crippen molar-refractivity contribution in [1.82, 2.24) is 25.9 Å². The van der Waals surface area contributed by atoms with Crippen molar-refractivity contribution in [3.8, 4) is 26.9 Å². The molecular formula is C28H29ClN6O3S2. The number of hydrogen-bond donors (Lipinski definition) is 3. The summed E-state index contributed by atoms with van der Waals surface area (Å²) in [6.45, 7) is 5.68. The predicted octanol–water partition coefficient (Wildman–Crippen LogP) is 4.12. The van der Waals surface area contributed by atoms with E-state index in [1.165, 1.54) is 6.08 Å². The van der Waals surface area contributed by atoms with Gasteiger partial charge in [-0.3, -0.25) is 14.9 Å². The van der Waals surface area contributed by atoms with Gasteiger partial charge in [-0.25, -0.2) is 9.97 Å². The van der Waals surface area contributed by atoms with E-state index in [2.05, 4.69) is 28.1 Å². The molecule has 208 valence electrons. The minimum absolute atomic E-state index is 0. The summed E-state index contributed by atoms with van der Waals surface area (Å²) >= 11 is 3.14. The SMILES string of the molecule is Cc1c(-c2ccc(OCCC3CNCCN3)cc2)sc2nc(-c3cccs3)nc(N(C)C3=CC(=O)NC3=O)c12.Cl. The number of aryl methyl sites for hydroxylation is 1. The Kier molecular flexibility index (Phi) is 8.48. The van der Waals surface area contributed by atoms with Crippen LogP contribution in [0.1, 0.15) is 12.0 Å². The molecule has 12 heteroatoms. The van der Waals surface area contributed by atoms with Gasteiger partial charge in [-0.2, -0.15) is 0 Å². The van der Waals surface area contributed by atoms with Crippen molar-refractivity contribution < 1.29 is 14.3 Å². The fourth-order valence-corrected chi connectivity index (χ4v) is 6.69. The molecule has 4 aromatic rings. The molecule has 1 fully saturated rings. The van der Waals surface area contributed by atoms with Gasteiger partial charge in [0.25, 0.3) is 11.8 Å². The Morgan fingerprint density at radius 3 is 2.62 bits per heavy atom. The number of hydrogen-bond acceptors (Lipinski definition) is 10. The lowest BCUT2D eigenvalue weighted by atomic mass is 10.1. The maximum atomic E-state index is 12.5. The number of imide groups is 1. The van der Waals surface area contributed by atoms with Crippen LogP contribution in [0.5, 0.6) is 5.75 Å². The van der Waals surface area contributed by atoms with E-state index in [1.54, 1.807) is 34.6 Å². The summed E-state index contributed by atoms with van der Waals surface area (Å²) in [6, 6.07) is 12.5. The summed E-state index contributed by atoms with van der Waals surface area (Å²) < 4.78 is 6.01. The molecule has 40 heavy (non-hydrogen) atoms. The van der Waals surface area contributed by atoms with Gasteiger partial charge in [0.15, 0.2) is 5.82 Å². The summed E-state index contributed by atoms with van der Waals surface area (Å²) in [5.41, 5.74) is 2.33. The van der Waals surface area contributed by atoms with Crippen molar-refractivity contribution in [3.63, 3.8) is 0 Å². The van der Waals surface area contributed by atoms with Gasteiger partial charge in [0, 0.05) is 43.7 Å². The normalized spacial score (nSPS) is 16.9. The Morgan fingerprint density at radius 1 is 1.12 bits per heavy atom. The number of likely N-dealkylation sites (N-methyl/N-ethyl adjacent to an activating group) is 1. The highest BCUT2D eigenvalue weighted by Crippen LogP contribution is 2.43. The third-order valence-electron chi connectivity index (χ3n) is 6.91. The number of benzene rings is 1. The first-order valence-corrected chi connectivity index (χ1v) is 14.5. The minimum atomic E-state index is -0.439. The molecule has 1 saturated heterocycles. The number of ether oxygens (including phenoxy) is 1. The Morgan fingerprint density at radius 2 is 1.95 bits per heavy atom. The van der Waals surface area contributed by atoms with Crippen LogP contribution >= 0.6 is 35.1 Å². The molecule has 1 aromatic carbocycles. The highest BCUT2D eigenvalue weighted by atomic mass is 35.5. The molecule has 6 rings (SSSR count). The van der Waals surface area contributed by atoms with Gasteiger partial charge < -0.3 is 20.3 Å². The van der Waals surface area contributed by atoms with Gasteiger partial charge in [0.2, 0.25) is 0 Å². The number of aromatic nitrogens is 2. The molecule has 0 saturated carbocycles. The summed E-state index contributed by atoms with van der Waals surface area (Å²) in [5, 5.41) is 12.1. The van der Waals surface area contributed by atoms with E-state index >= 15 is 0 Å².